The standard InChI is InChI=1S/C42H34F8N6O4S2/c1-39(2,3)59-37(57)55(27-11-7-9-23(17-27)41(45,46)47)35-51-33(21-61-35)29-19-25(13-15-31(29)43)53-54-26-14-16-32(44)30(20-26)34-22-62-36(52-34)56(38(58)60-40(4,5)6)28-12-8-10-24(18-28)42(48,49)50/h7-22H,1-6H3. The molecule has 4 aromatic carbocycles. The number of nitrogens with zero attached hydrogens (tertiary/aromatic N) is 6. The minimum atomic E-state index is -4.72. The fraction of sp³-hybridized carbons (Fsp3) is 0.238. The number of carbonyl (C=O) groups is 2. The minimum Gasteiger partial charge on any atom is -0.443 e. The van der Waals surface area contributed by atoms with Crippen molar-refractivity contribution in [3.63, 3.8) is 0 Å². The summed E-state index contributed by atoms with van der Waals surface area (Å²) in [7, 11) is 0. The Morgan fingerprint density at radius 2 is 0.935 bits per heavy atom. The van der Waals surface area contributed by atoms with Gasteiger partial charge in [0.15, 0.2) is 10.3 Å². The summed E-state index contributed by atoms with van der Waals surface area (Å²) < 4.78 is 123. The van der Waals surface area contributed by atoms with Crippen LogP contribution in [0.25, 0.3) is 22.5 Å². The highest BCUT2D eigenvalue weighted by atomic mass is 32.1. The zero-order valence-corrected chi connectivity index (χ0v) is 35.0. The van der Waals surface area contributed by atoms with Gasteiger partial charge in [0.1, 0.15) is 22.8 Å². The molecule has 10 nitrogen and oxygen atoms in total. The van der Waals surface area contributed by atoms with Crippen LogP contribution in [0.3, 0.4) is 0 Å². The third kappa shape index (κ3) is 11.0. The summed E-state index contributed by atoms with van der Waals surface area (Å²) in [5, 5.41) is 10.9. The molecule has 6 rings (SSSR count). The van der Waals surface area contributed by atoms with Crippen LogP contribution in [-0.4, -0.2) is 33.4 Å². The van der Waals surface area contributed by atoms with Gasteiger partial charge in [0.25, 0.3) is 0 Å². The zero-order chi connectivity index (χ0) is 45.4. The summed E-state index contributed by atoms with van der Waals surface area (Å²) in [6, 6.07) is 15.3. The van der Waals surface area contributed by atoms with Gasteiger partial charge in [-0.3, -0.25) is 0 Å². The van der Waals surface area contributed by atoms with E-state index in [1.807, 2.05) is 0 Å². The maximum absolute atomic E-state index is 15.3. The van der Waals surface area contributed by atoms with E-state index < -0.39 is 58.5 Å². The molecule has 0 bridgehead atoms. The highest BCUT2D eigenvalue weighted by Crippen LogP contribution is 2.40. The number of alkyl halides is 6. The van der Waals surface area contributed by atoms with E-state index in [1.165, 1.54) is 47.2 Å². The van der Waals surface area contributed by atoms with E-state index in [2.05, 4.69) is 20.2 Å². The molecule has 0 fully saturated rings. The largest absolute Gasteiger partial charge is 0.443 e. The highest BCUT2D eigenvalue weighted by Gasteiger charge is 2.35. The van der Waals surface area contributed by atoms with Crippen molar-refractivity contribution >= 4 is 67.9 Å². The van der Waals surface area contributed by atoms with E-state index in [9.17, 15) is 35.9 Å². The molecule has 0 saturated carbocycles. The van der Waals surface area contributed by atoms with Crippen molar-refractivity contribution in [1.82, 2.24) is 9.97 Å². The maximum Gasteiger partial charge on any atom is 0.421 e. The van der Waals surface area contributed by atoms with Crippen molar-refractivity contribution in [3.8, 4) is 22.5 Å². The van der Waals surface area contributed by atoms with Crippen LogP contribution in [0.5, 0.6) is 0 Å². The average Bonchev–Trinajstić information content (AvgIpc) is 3.84. The molecule has 0 saturated heterocycles. The summed E-state index contributed by atoms with van der Waals surface area (Å²) >= 11 is 1.69. The lowest BCUT2D eigenvalue weighted by atomic mass is 10.1. The van der Waals surface area contributed by atoms with Crippen molar-refractivity contribution in [2.24, 2.45) is 10.2 Å². The summed E-state index contributed by atoms with van der Waals surface area (Å²) in [5.74, 6) is -1.50. The second-order valence-corrected chi connectivity index (χ2v) is 17.0. The summed E-state index contributed by atoms with van der Waals surface area (Å²) in [5.41, 5.74) is -4.45. The monoisotopic (exact) mass is 902 g/mol. The molecule has 20 heteroatoms. The molecule has 324 valence electrons. The van der Waals surface area contributed by atoms with Crippen LogP contribution in [0.1, 0.15) is 52.7 Å². The van der Waals surface area contributed by atoms with Crippen LogP contribution in [0.15, 0.2) is 106 Å². The van der Waals surface area contributed by atoms with E-state index >= 15 is 8.78 Å². The van der Waals surface area contributed by atoms with Gasteiger partial charge in [0.2, 0.25) is 0 Å². The van der Waals surface area contributed by atoms with Crippen LogP contribution in [0.2, 0.25) is 0 Å². The molecular formula is C42H34F8N6O4S2. The third-order valence-electron chi connectivity index (χ3n) is 8.11. The molecule has 2 amide bonds. The average molecular weight is 903 g/mol. The van der Waals surface area contributed by atoms with Gasteiger partial charge in [0, 0.05) is 21.9 Å². The van der Waals surface area contributed by atoms with E-state index in [1.54, 1.807) is 41.5 Å². The first-order chi connectivity index (χ1) is 28.9. The van der Waals surface area contributed by atoms with Crippen LogP contribution in [-0.2, 0) is 21.8 Å². The number of amides is 2. The number of ether oxygens (including phenoxy) is 2. The van der Waals surface area contributed by atoms with Crippen molar-refractivity contribution in [2.75, 3.05) is 9.80 Å². The minimum absolute atomic E-state index is 0.00838. The normalized spacial score (nSPS) is 12.4. The first kappa shape index (κ1) is 45.3. The van der Waals surface area contributed by atoms with Gasteiger partial charge in [-0.05, 0) is 114 Å². The van der Waals surface area contributed by atoms with Gasteiger partial charge < -0.3 is 9.47 Å². The Bertz CT molecular complexity index is 2470. The lowest BCUT2D eigenvalue weighted by Gasteiger charge is -2.26. The van der Waals surface area contributed by atoms with E-state index in [0.717, 1.165) is 81.0 Å². The molecular weight excluding hydrogens is 869 g/mol. The lowest BCUT2D eigenvalue weighted by molar-refractivity contribution is -0.138. The Labute approximate surface area is 357 Å². The second kappa shape index (κ2) is 17.2. The summed E-state index contributed by atoms with van der Waals surface area (Å²) in [6.45, 7) is 9.47. The quantitative estimate of drug-likeness (QED) is 0.111. The number of halogens is 8. The predicted octanol–water partition coefficient (Wildman–Crippen LogP) is 14.8. The number of carbonyl (C=O) groups excluding carboxylic acids is 2. The summed E-state index contributed by atoms with van der Waals surface area (Å²) in [4.78, 5) is 37.2. The molecule has 2 aromatic heterocycles. The Morgan fingerprint density at radius 1 is 0.565 bits per heavy atom. The van der Waals surface area contributed by atoms with Crippen LogP contribution >= 0.6 is 22.7 Å². The number of rotatable bonds is 8. The van der Waals surface area contributed by atoms with Gasteiger partial charge in [-0.15, -0.1) is 22.7 Å². The van der Waals surface area contributed by atoms with Crippen molar-refractivity contribution in [2.45, 2.75) is 65.1 Å². The smallest absolute Gasteiger partial charge is 0.421 e. The molecule has 0 radical (unpaired) electrons. The van der Waals surface area contributed by atoms with E-state index in [0.29, 0.717) is 0 Å². The van der Waals surface area contributed by atoms with Gasteiger partial charge in [-0.25, -0.2) is 38.1 Å². The molecule has 2 heterocycles. The molecule has 0 aliphatic heterocycles. The molecule has 0 aliphatic carbocycles. The van der Waals surface area contributed by atoms with Crippen LogP contribution in [0.4, 0.5) is 77.7 Å². The second-order valence-electron chi connectivity index (χ2n) is 15.3. The van der Waals surface area contributed by atoms with Crippen molar-refractivity contribution in [1.29, 1.82) is 0 Å². The molecule has 0 atom stereocenters. The molecule has 0 unspecified atom stereocenters. The Morgan fingerprint density at radius 3 is 1.27 bits per heavy atom. The van der Waals surface area contributed by atoms with Gasteiger partial charge in [-0.1, -0.05) is 12.1 Å². The van der Waals surface area contributed by atoms with Crippen LogP contribution in [0, 0.1) is 11.6 Å². The first-order valence-electron chi connectivity index (χ1n) is 18.2. The Balaban J connectivity index is 1.29. The fourth-order valence-electron chi connectivity index (χ4n) is 5.49. The number of hydrogen-bond acceptors (Lipinski definition) is 10. The molecule has 0 spiro atoms. The topological polar surface area (TPSA) is 110 Å². The first-order valence-corrected chi connectivity index (χ1v) is 20.0. The van der Waals surface area contributed by atoms with Crippen molar-refractivity contribution in [3.05, 3.63) is 118 Å². The molecule has 0 aliphatic rings. The number of benzene rings is 4. The Kier molecular flexibility index (Phi) is 12.6. The number of anilines is 4. The van der Waals surface area contributed by atoms with Gasteiger partial charge in [0.05, 0.1) is 45.3 Å². The van der Waals surface area contributed by atoms with E-state index in [-0.39, 0.29) is 55.5 Å². The molecule has 6 aromatic rings. The Hall–Kier alpha value is -6.28. The molecule has 62 heavy (non-hydrogen) atoms. The van der Waals surface area contributed by atoms with Gasteiger partial charge >= 0.3 is 24.5 Å². The number of azo groups is 1. The SMILES string of the molecule is CC(C)(C)OC(=O)N(c1cccc(C(F)(F)F)c1)c1nc(-c2cc(N=Nc3ccc(F)c(-c4csc(N(C(=O)OC(C)(C)C)c5cccc(C(F)(F)F)c5)n4)c3)ccc2F)cs1. The van der Waals surface area contributed by atoms with E-state index in [4.69, 9.17) is 9.47 Å². The highest BCUT2D eigenvalue weighted by molar-refractivity contribution is 7.14. The van der Waals surface area contributed by atoms with Crippen molar-refractivity contribution < 1.29 is 54.2 Å². The van der Waals surface area contributed by atoms with Gasteiger partial charge in [-0.2, -0.15) is 36.6 Å². The number of hydrogen-bond donors (Lipinski definition) is 0. The zero-order valence-electron chi connectivity index (χ0n) is 33.4. The fourth-order valence-corrected chi connectivity index (χ4v) is 7.15. The summed E-state index contributed by atoms with van der Waals surface area (Å²) in [6.07, 6.45) is -11.5. The lowest BCUT2D eigenvalue weighted by Crippen LogP contribution is -2.34. The third-order valence-corrected chi connectivity index (χ3v) is 9.77. The predicted molar refractivity (Wildman–Crippen MR) is 219 cm³/mol. The maximum atomic E-state index is 15.3. The number of thiazole rings is 2. The molecule has 0 N–H and O–H groups in total. The number of aromatic nitrogens is 2. The van der Waals surface area contributed by atoms with Crippen LogP contribution < -0.4 is 9.80 Å².